The molecule has 0 bridgehead atoms. The van der Waals surface area contributed by atoms with Gasteiger partial charge in [-0.25, -0.2) is 9.59 Å². The van der Waals surface area contributed by atoms with Crippen molar-refractivity contribution in [3.05, 3.63) is 59.7 Å². The van der Waals surface area contributed by atoms with E-state index in [1.165, 1.54) is 29.9 Å². The van der Waals surface area contributed by atoms with Gasteiger partial charge in [0.05, 0.1) is 0 Å². The minimum Gasteiger partial charge on any atom is -0.480 e. The molecule has 174 valence electrons. The van der Waals surface area contributed by atoms with Crippen LogP contribution < -0.4 is 5.32 Å². The van der Waals surface area contributed by atoms with Crippen LogP contribution in [0.1, 0.15) is 50.7 Å². The molecule has 0 aliphatic heterocycles. The quantitative estimate of drug-likeness (QED) is 0.664. The van der Waals surface area contributed by atoms with Crippen molar-refractivity contribution >= 4 is 18.0 Å². The van der Waals surface area contributed by atoms with E-state index in [2.05, 4.69) is 29.6 Å². The van der Waals surface area contributed by atoms with E-state index >= 15 is 0 Å². The summed E-state index contributed by atoms with van der Waals surface area (Å²) in [6.07, 6.45) is 0.468. The number of carboxylic acid groups (broad SMARTS) is 1. The van der Waals surface area contributed by atoms with Gasteiger partial charge in [0.15, 0.2) is 0 Å². The lowest BCUT2D eigenvalue weighted by atomic mass is 9.78. The Morgan fingerprint density at radius 2 is 1.58 bits per heavy atom. The van der Waals surface area contributed by atoms with Crippen LogP contribution in [0.15, 0.2) is 48.5 Å². The lowest BCUT2D eigenvalue weighted by Crippen LogP contribution is -2.58. The number of amides is 2. The highest BCUT2D eigenvalue weighted by Crippen LogP contribution is 2.44. The van der Waals surface area contributed by atoms with Crippen LogP contribution in [-0.4, -0.2) is 52.7 Å². The smallest absolute Gasteiger partial charge is 0.407 e. The predicted octanol–water partition coefficient (Wildman–Crippen LogP) is 4.02. The molecule has 2 amide bonds. The summed E-state index contributed by atoms with van der Waals surface area (Å²) in [5, 5.41) is 12.3. The summed E-state index contributed by atoms with van der Waals surface area (Å²) in [4.78, 5) is 38.2. The molecule has 0 unspecified atom stereocenters. The SMILES string of the molecule is CCN(C(=O)C1CC(NC(=O)OCC2c3ccccc3-c3ccccc32)C1)C(C)(C)C(=O)O. The summed E-state index contributed by atoms with van der Waals surface area (Å²) in [5.74, 6) is -1.52. The fourth-order valence-corrected chi connectivity index (χ4v) is 4.91. The Hall–Kier alpha value is -3.35. The van der Waals surface area contributed by atoms with Gasteiger partial charge in [-0.3, -0.25) is 4.79 Å². The van der Waals surface area contributed by atoms with Gasteiger partial charge in [0.25, 0.3) is 0 Å². The first-order valence-electron chi connectivity index (χ1n) is 11.4. The van der Waals surface area contributed by atoms with E-state index in [0.29, 0.717) is 19.4 Å². The number of nitrogens with one attached hydrogen (secondary N) is 1. The minimum absolute atomic E-state index is 0.00442. The summed E-state index contributed by atoms with van der Waals surface area (Å²) in [6, 6.07) is 16.2. The van der Waals surface area contributed by atoms with E-state index in [0.717, 1.165) is 11.1 Å². The lowest BCUT2D eigenvalue weighted by molar-refractivity contribution is -0.160. The van der Waals surface area contributed by atoms with Crippen LogP contribution in [0.5, 0.6) is 0 Å². The van der Waals surface area contributed by atoms with Gasteiger partial charge in [0, 0.05) is 24.4 Å². The van der Waals surface area contributed by atoms with Crippen LogP contribution in [-0.2, 0) is 14.3 Å². The topological polar surface area (TPSA) is 95.9 Å². The molecule has 33 heavy (non-hydrogen) atoms. The second-order valence-corrected chi connectivity index (χ2v) is 9.28. The first-order chi connectivity index (χ1) is 15.7. The predicted molar refractivity (Wildman–Crippen MR) is 124 cm³/mol. The van der Waals surface area contributed by atoms with Crippen molar-refractivity contribution in [1.29, 1.82) is 0 Å². The van der Waals surface area contributed by atoms with Crippen molar-refractivity contribution < 1.29 is 24.2 Å². The third-order valence-corrected chi connectivity index (χ3v) is 6.93. The number of carbonyl (C=O) groups is 3. The van der Waals surface area contributed by atoms with Crippen LogP contribution in [0.3, 0.4) is 0 Å². The first-order valence-corrected chi connectivity index (χ1v) is 11.4. The zero-order chi connectivity index (χ0) is 23.8. The monoisotopic (exact) mass is 450 g/mol. The maximum Gasteiger partial charge on any atom is 0.407 e. The number of hydrogen-bond donors (Lipinski definition) is 2. The molecule has 4 rings (SSSR count). The highest BCUT2D eigenvalue weighted by Gasteiger charge is 2.44. The summed E-state index contributed by atoms with van der Waals surface area (Å²) >= 11 is 0. The molecule has 0 aromatic heterocycles. The minimum atomic E-state index is -1.27. The molecule has 2 aromatic carbocycles. The zero-order valence-corrected chi connectivity index (χ0v) is 19.2. The molecule has 0 spiro atoms. The molecular formula is C26H30N2O5. The third kappa shape index (κ3) is 4.19. The molecular weight excluding hydrogens is 420 g/mol. The number of rotatable bonds is 7. The summed E-state index contributed by atoms with van der Waals surface area (Å²) in [5.41, 5.74) is 3.39. The van der Waals surface area contributed by atoms with Crippen LogP contribution in [0.25, 0.3) is 11.1 Å². The number of carbonyl (C=O) groups excluding carboxylic acids is 2. The zero-order valence-electron chi connectivity index (χ0n) is 19.2. The Kier molecular flexibility index (Phi) is 6.15. The van der Waals surface area contributed by atoms with Gasteiger partial charge in [-0.15, -0.1) is 0 Å². The van der Waals surface area contributed by atoms with Gasteiger partial charge in [-0.05, 0) is 55.9 Å². The number of aliphatic carboxylic acids is 1. The second kappa shape index (κ2) is 8.89. The van der Waals surface area contributed by atoms with E-state index in [4.69, 9.17) is 4.74 Å². The number of hydrogen-bond acceptors (Lipinski definition) is 4. The molecule has 7 heteroatoms. The number of benzene rings is 2. The Labute approximate surface area is 193 Å². The molecule has 0 heterocycles. The molecule has 2 aliphatic carbocycles. The molecule has 2 aromatic rings. The molecule has 2 N–H and O–H groups in total. The average molecular weight is 451 g/mol. The molecule has 2 aliphatic rings. The maximum absolute atomic E-state index is 12.8. The second-order valence-electron chi connectivity index (χ2n) is 9.28. The Balaban J connectivity index is 1.30. The van der Waals surface area contributed by atoms with Gasteiger partial charge >= 0.3 is 12.1 Å². The number of alkyl carbamates (subject to hydrolysis) is 1. The number of carboxylic acids is 1. The van der Waals surface area contributed by atoms with Crippen LogP contribution in [0.2, 0.25) is 0 Å². The largest absolute Gasteiger partial charge is 0.480 e. The maximum atomic E-state index is 12.8. The number of nitrogens with zero attached hydrogens (tertiary/aromatic N) is 1. The van der Waals surface area contributed by atoms with E-state index in [9.17, 15) is 19.5 Å². The van der Waals surface area contributed by atoms with Gasteiger partial charge in [0.1, 0.15) is 12.1 Å². The molecule has 0 atom stereocenters. The van der Waals surface area contributed by atoms with Crippen molar-refractivity contribution in [3.63, 3.8) is 0 Å². The number of fused-ring (bicyclic) bond motifs is 3. The van der Waals surface area contributed by atoms with Gasteiger partial charge in [-0.1, -0.05) is 48.5 Å². The molecule has 0 saturated heterocycles. The lowest BCUT2D eigenvalue weighted by Gasteiger charge is -2.41. The van der Waals surface area contributed by atoms with E-state index in [1.54, 1.807) is 6.92 Å². The van der Waals surface area contributed by atoms with Crippen LogP contribution >= 0.6 is 0 Å². The summed E-state index contributed by atoms with van der Waals surface area (Å²) in [7, 11) is 0. The number of ether oxygens (including phenoxy) is 1. The Morgan fingerprint density at radius 3 is 2.09 bits per heavy atom. The van der Waals surface area contributed by atoms with E-state index in [1.807, 2.05) is 24.3 Å². The Bertz CT molecular complexity index is 1030. The number of likely N-dealkylation sites (N-methyl/N-ethyl adjacent to an activating group) is 1. The van der Waals surface area contributed by atoms with Crippen LogP contribution in [0, 0.1) is 5.92 Å². The van der Waals surface area contributed by atoms with E-state index < -0.39 is 17.6 Å². The molecule has 7 nitrogen and oxygen atoms in total. The summed E-state index contributed by atoms with van der Waals surface area (Å²) < 4.78 is 5.57. The molecule has 1 saturated carbocycles. The normalized spacial score (nSPS) is 19.1. The standard InChI is InChI=1S/C26H30N2O5/c1-4-28(26(2,3)24(30)31)23(29)16-13-17(14-16)27-25(32)33-15-22-20-11-7-5-9-18(20)19-10-6-8-12-21(19)22/h5-12,16-17,22H,4,13-15H2,1-3H3,(H,27,32)(H,30,31). The highest BCUT2D eigenvalue weighted by molar-refractivity contribution is 5.88. The van der Waals surface area contributed by atoms with Gasteiger partial charge in [-0.2, -0.15) is 0 Å². The van der Waals surface area contributed by atoms with Crippen LogP contribution in [0.4, 0.5) is 4.79 Å². The van der Waals surface area contributed by atoms with E-state index in [-0.39, 0.29) is 30.4 Å². The average Bonchev–Trinajstić information content (AvgIpc) is 3.08. The molecule has 0 radical (unpaired) electrons. The fourth-order valence-electron chi connectivity index (χ4n) is 4.91. The highest BCUT2D eigenvalue weighted by atomic mass is 16.5. The van der Waals surface area contributed by atoms with Crippen molar-refractivity contribution in [3.8, 4) is 11.1 Å². The fraction of sp³-hybridized carbons (Fsp3) is 0.423. The van der Waals surface area contributed by atoms with Crippen molar-refractivity contribution in [2.45, 2.75) is 51.1 Å². The molecule has 1 fully saturated rings. The first kappa shape index (κ1) is 22.8. The Morgan fingerprint density at radius 1 is 1.03 bits per heavy atom. The summed E-state index contributed by atoms with van der Waals surface area (Å²) in [6.45, 7) is 5.39. The van der Waals surface area contributed by atoms with Crippen molar-refractivity contribution in [2.75, 3.05) is 13.2 Å². The van der Waals surface area contributed by atoms with Gasteiger partial charge < -0.3 is 20.1 Å². The van der Waals surface area contributed by atoms with Gasteiger partial charge in [0.2, 0.25) is 5.91 Å². The van der Waals surface area contributed by atoms with Crippen molar-refractivity contribution in [2.24, 2.45) is 5.92 Å². The van der Waals surface area contributed by atoms with Crippen molar-refractivity contribution in [1.82, 2.24) is 10.2 Å². The third-order valence-electron chi connectivity index (χ3n) is 6.93.